The zero-order valence-electron chi connectivity index (χ0n) is 11.9. The molecule has 0 aromatic heterocycles. The van der Waals surface area contributed by atoms with E-state index < -0.39 is 18.0 Å². The van der Waals surface area contributed by atoms with Crippen molar-refractivity contribution >= 4 is 12.0 Å². The Morgan fingerprint density at radius 2 is 2.00 bits per heavy atom. The summed E-state index contributed by atoms with van der Waals surface area (Å²) in [6, 6.07) is -1.30. The largest absolute Gasteiger partial charge is 0.480 e. The lowest BCUT2D eigenvalue weighted by molar-refractivity contribution is -0.139. The molecule has 1 fully saturated rings. The quantitative estimate of drug-likeness (QED) is 0.653. The minimum atomic E-state index is -1.01. The summed E-state index contributed by atoms with van der Waals surface area (Å²) in [6.07, 6.45) is 3.37. The second-order valence-electron chi connectivity index (χ2n) is 5.59. The van der Waals surface area contributed by atoms with Gasteiger partial charge in [0.1, 0.15) is 6.04 Å². The average molecular weight is 272 g/mol. The van der Waals surface area contributed by atoms with Gasteiger partial charge in [-0.05, 0) is 31.6 Å². The van der Waals surface area contributed by atoms with Crippen LogP contribution in [-0.2, 0) is 9.53 Å². The van der Waals surface area contributed by atoms with Crippen molar-refractivity contribution in [2.45, 2.75) is 51.2 Å². The van der Waals surface area contributed by atoms with Crippen LogP contribution in [0.15, 0.2) is 0 Å². The highest BCUT2D eigenvalue weighted by atomic mass is 16.5. The van der Waals surface area contributed by atoms with Crippen molar-refractivity contribution in [1.29, 1.82) is 0 Å². The van der Waals surface area contributed by atoms with Gasteiger partial charge in [-0.25, -0.2) is 9.59 Å². The number of carbonyl (C=O) groups is 2. The molecule has 0 aliphatic heterocycles. The molecule has 0 saturated heterocycles. The second kappa shape index (κ2) is 6.75. The van der Waals surface area contributed by atoms with Crippen LogP contribution in [0.3, 0.4) is 0 Å². The van der Waals surface area contributed by atoms with Crippen LogP contribution in [0.1, 0.15) is 39.5 Å². The number of urea groups is 1. The molecule has 1 aliphatic carbocycles. The summed E-state index contributed by atoms with van der Waals surface area (Å²) in [6.45, 7) is 4.26. The number of rotatable bonds is 7. The Balaban J connectivity index is 2.38. The predicted octanol–water partition coefficient (Wildman–Crippen LogP) is 1.35. The van der Waals surface area contributed by atoms with Crippen molar-refractivity contribution in [2.24, 2.45) is 5.92 Å². The molecule has 3 N–H and O–H groups in total. The number of carbonyl (C=O) groups excluding carboxylic acids is 1. The van der Waals surface area contributed by atoms with Crippen molar-refractivity contribution in [1.82, 2.24) is 10.6 Å². The molecule has 0 spiro atoms. The number of methoxy groups -OCH3 is 1. The summed E-state index contributed by atoms with van der Waals surface area (Å²) >= 11 is 0. The lowest BCUT2D eigenvalue weighted by atomic mass is 9.80. The summed E-state index contributed by atoms with van der Waals surface area (Å²) in [4.78, 5) is 22.7. The molecular formula is C13H24N2O4. The van der Waals surface area contributed by atoms with Crippen LogP contribution in [0.2, 0.25) is 0 Å². The van der Waals surface area contributed by atoms with Crippen LogP contribution in [0, 0.1) is 5.92 Å². The third-order valence-electron chi connectivity index (χ3n) is 3.58. The van der Waals surface area contributed by atoms with E-state index in [-0.39, 0.29) is 11.5 Å². The molecule has 6 heteroatoms. The van der Waals surface area contributed by atoms with E-state index in [9.17, 15) is 9.59 Å². The van der Waals surface area contributed by atoms with Crippen LogP contribution in [0.5, 0.6) is 0 Å². The van der Waals surface area contributed by atoms with Crippen LogP contribution in [0.4, 0.5) is 4.79 Å². The summed E-state index contributed by atoms with van der Waals surface area (Å²) in [7, 11) is 1.64. The maximum absolute atomic E-state index is 11.7. The van der Waals surface area contributed by atoms with E-state index in [4.69, 9.17) is 9.84 Å². The Morgan fingerprint density at radius 3 is 2.37 bits per heavy atom. The van der Waals surface area contributed by atoms with Gasteiger partial charge in [-0.3, -0.25) is 0 Å². The minimum absolute atomic E-state index is 0.207. The topological polar surface area (TPSA) is 87.7 Å². The SMILES string of the molecule is COC1(CNC(=O)NC(CC(C)C)C(=O)O)CCC1. The number of hydrogen-bond donors (Lipinski definition) is 3. The number of amides is 2. The van der Waals surface area contributed by atoms with E-state index in [0.717, 1.165) is 19.3 Å². The second-order valence-corrected chi connectivity index (χ2v) is 5.59. The van der Waals surface area contributed by atoms with E-state index in [1.807, 2.05) is 13.8 Å². The van der Waals surface area contributed by atoms with Gasteiger partial charge in [0.25, 0.3) is 0 Å². The third kappa shape index (κ3) is 4.70. The van der Waals surface area contributed by atoms with Crippen LogP contribution < -0.4 is 10.6 Å². The van der Waals surface area contributed by atoms with Crippen molar-refractivity contribution in [3.63, 3.8) is 0 Å². The standard InChI is InChI=1S/C13H24N2O4/c1-9(2)7-10(11(16)17)15-12(18)14-8-13(19-3)5-4-6-13/h9-10H,4-8H2,1-3H3,(H,16,17)(H2,14,15,18). The van der Waals surface area contributed by atoms with Gasteiger partial charge in [-0.2, -0.15) is 0 Å². The van der Waals surface area contributed by atoms with Gasteiger partial charge in [-0.15, -0.1) is 0 Å². The third-order valence-corrected chi connectivity index (χ3v) is 3.58. The number of carboxylic acid groups (broad SMARTS) is 1. The van der Waals surface area contributed by atoms with Crippen LogP contribution in [0.25, 0.3) is 0 Å². The minimum Gasteiger partial charge on any atom is -0.480 e. The fourth-order valence-electron chi connectivity index (χ4n) is 2.17. The maximum atomic E-state index is 11.7. The highest BCUT2D eigenvalue weighted by Gasteiger charge is 2.37. The first-order chi connectivity index (χ1) is 8.88. The molecule has 1 saturated carbocycles. The molecule has 0 aromatic carbocycles. The van der Waals surface area contributed by atoms with Gasteiger partial charge >= 0.3 is 12.0 Å². The molecule has 0 radical (unpaired) electrons. The first-order valence-corrected chi connectivity index (χ1v) is 6.71. The number of hydrogen-bond acceptors (Lipinski definition) is 3. The monoisotopic (exact) mass is 272 g/mol. The molecule has 1 unspecified atom stereocenters. The molecule has 1 aliphatic rings. The molecule has 0 heterocycles. The maximum Gasteiger partial charge on any atom is 0.326 e. The fraction of sp³-hybridized carbons (Fsp3) is 0.846. The first kappa shape index (κ1) is 15.8. The molecule has 0 bridgehead atoms. The summed E-state index contributed by atoms with van der Waals surface area (Å²) in [5, 5.41) is 14.2. The highest BCUT2D eigenvalue weighted by Crippen LogP contribution is 2.34. The lowest BCUT2D eigenvalue weighted by Gasteiger charge is -2.40. The first-order valence-electron chi connectivity index (χ1n) is 6.71. The number of carboxylic acids is 1. The molecular weight excluding hydrogens is 248 g/mol. The molecule has 2 amide bonds. The van der Waals surface area contributed by atoms with Gasteiger partial charge in [0.05, 0.1) is 5.60 Å². The van der Waals surface area contributed by atoms with Gasteiger partial charge < -0.3 is 20.5 Å². The lowest BCUT2D eigenvalue weighted by Crippen LogP contribution is -2.53. The van der Waals surface area contributed by atoms with E-state index in [1.165, 1.54) is 0 Å². The van der Waals surface area contributed by atoms with Crippen molar-refractivity contribution in [3.8, 4) is 0 Å². The van der Waals surface area contributed by atoms with E-state index in [0.29, 0.717) is 13.0 Å². The van der Waals surface area contributed by atoms with Gasteiger partial charge in [-0.1, -0.05) is 13.8 Å². The smallest absolute Gasteiger partial charge is 0.326 e. The average Bonchev–Trinajstić information content (AvgIpc) is 2.26. The fourth-order valence-corrected chi connectivity index (χ4v) is 2.17. The zero-order chi connectivity index (χ0) is 14.5. The number of ether oxygens (including phenoxy) is 1. The zero-order valence-corrected chi connectivity index (χ0v) is 11.9. The Bertz CT molecular complexity index is 321. The number of aliphatic carboxylic acids is 1. The van der Waals surface area contributed by atoms with Crippen LogP contribution >= 0.6 is 0 Å². The van der Waals surface area contributed by atoms with Crippen LogP contribution in [-0.4, -0.2) is 42.4 Å². The summed E-state index contributed by atoms with van der Waals surface area (Å²) in [5.41, 5.74) is -0.256. The molecule has 1 atom stereocenters. The van der Waals surface area contributed by atoms with E-state index >= 15 is 0 Å². The molecule has 0 aromatic rings. The Kier molecular flexibility index (Phi) is 5.60. The Morgan fingerprint density at radius 1 is 1.37 bits per heavy atom. The highest BCUT2D eigenvalue weighted by molar-refractivity contribution is 5.82. The summed E-state index contributed by atoms with van der Waals surface area (Å²) in [5.74, 6) is -0.799. The normalized spacial score (nSPS) is 18.5. The Hall–Kier alpha value is -1.30. The molecule has 19 heavy (non-hydrogen) atoms. The number of nitrogens with one attached hydrogen (secondary N) is 2. The van der Waals surface area contributed by atoms with E-state index in [2.05, 4.69) is 10.6 Å². The van der Waals surface area contributed by atoms with Gasteiger partial charge in [0.2, 0.25) is 0 Å². The summed E-state index contributed by atoms with van der Waals surface area (Å²) < 4.78 is 5.38. The van der Waals surface area contributed by atoms with Crippen molar-refractivity contribution in [3.05, 3.63) is 0 Å². The van der Waals surface area contributed by atoms with Gasteiger partial charge in [0, 0.05) is 13.7 Å². The molecule has 1 rings (SSSR count). The Labute approximate surface area is 113 Å². The van der Waals surface area contributed by atoms with Crippen molar-refractivity contribution < 1.29 is 19.4 Å². The molecule has 6 nitrogen and oxygen atoms in total. The van der Waals surface area contributed by atoms with Crippen molar-refractivity contribution in [2.75, 3.05) is 13.7 Å². The van der Waals surface area contributed by atoms with E-state index in [1.54, 1.807) is 7.11 Å². The molecule has 110 valence electrons. The predicted molar refractivity (Wildman–Crippen MR) is 71.0 cm³/mol. The van der Waals surface area contributed by atoms with Gasteiger partial charge in [0.15, 0.2) is 0 Å².